The number of nitrogens with one attached hydrogen (secondary N) is 2. The minimum Gasteiger partial charge on any atom is -0.306 e. The highest BCUT2D eigenvalue weighted by molar-refractivity contribution is 7.81. The van der Waals surface area contributed by atoms with Crippen molar-refractivity contribution in [2.24, 2.45) is 0 Å². The molecule has 4 heteroatoms. The molecule has 7 heavy (non-hydrogen) atoms. The largest absolute Gasteiger partial charge is 0.306 e. The Morgan fingerprint density at radius 1 is 1.71 bits per heavy atom. The molecule has 0 radical (unpaired) electrons. The Bertz CT molecular complexity index is 199. The zero-order valence-corrected chi connectivity index (χ0v) is 5.14. The van der Waals surface area contributed by atoms with Gasteiger partial charge in [0.1, 0.15) is 4.64 Å². The van der Waals surface area contributed by atoms with E-state index in [1.54, 1.807) is 6.20 Å². The van der Waals surface area contributed by atoms with Crippen LogP contribution in [0, 0.1) is 4.64 Å². The fourth-order valence-corrected chi connectivity index (χ4v) is 0.538. The molecule has 1 aromatic heterocycles. The van der Waals surface area contributed by atoms with Gasteiger partial charge in [-0.25, -0.2) is 0 Å². The first-order valence-electron chi connectivity index (χ1n) is 1.76. The molecule has 0 bridgehead atoms. The summed E-state index contributed by atoms with van der Waals surface area (Å²) >= 11 is 8.71. The average Bonchev–Trinajstić information content (AvgIpc) is 1.91. The summed E-state index contributed by atoms with van der Waals surface area (Å²) in [5, 5.41) is 5.37. The van der Waals surface area contributed by atoms with Crippen molar-refractivity contribution >= 4 is 24.8 Å². The minimum absolute atomic E-state index is 0.656. The third kappa shape index (κ3) is 0.863. The van der Waals surface area contributed by atoms with E-state index in [0.717, 1.165) is 4.90 Å². The van der Waals surface area contributed by atoms with E-state index < -0.39 is 0 Å². The number of hydrogen-bond donors (Lipinski definition) is 3. The van der Waals surface area contributed by atoms with Crippen LogP contribution in [0.15, 0.2) is 11.1 Å². The van der Waals surface area contributed by atoms with Gasteiger partial charge in [-0.05, 0) is 0 Å². The van der Waals surface area contributed by atoms with E-state index in [-0.39, 0.29) is 0 Å². The first kappa shape index (κ1) is 4.93. The number of aromatic nitrogens is 2. The van der Waals surface area contributed by atoms with Crippen LogP contribution in [0.1, 0.15) is 0 Å². The lowest BCUT2D eigenvalue weighted by molar-refractivity contribution is 1.08. The molecule has 2 N–H and O–H groups in total. The second-order valence-corrected chi connectivity index (χ2v) is 2.02. The van der Waals surface area contributed by atoms with Crippen molar-refractivity contribution in [1.82, 2.24) is 10.2 Å². The first-order chi connectivity index (χ1) is 3.30. The second kappa shape index (κ2) is 1.71. The molecule has 0 saturated heterocycles. The SMILES string of the molecule is S=c1[nH][nH]cc1S. The maximum absolute atomic E-state index is 4.72. The van der Waals surface area contributed by atoms with Crippen molar-refractivity contribution in [3.05, 3.63) is 10.8 Å². The zero-order chi connectivity index (χ0) is 5.28. The maximum atomic E-state index is 4.72. The quantitative estimate of drug-likeness (QED) is 0.361. The Morgan fingerprint density at radius 2 is 2.43 bits per heavy atom. The number of aromatic amines is 2. The van der Waals surface area contributed by atoms with Gasteiger partial charge in [0.15, 0.2) is 0 Å². The van der Waals surface area contributed by atoms with Crippen molar-refractivity contribution in [3.63, 3.8) is 0 Å². The summed E-state index contributed by atoms with van der Waals surface area (Å²) in [6.45, 7) is 0. The number of thiol groups is 1. The number of H-pyrrole nitrogens is 2. The van der Waals surface area contributed by atoms with Crippen LogP contribution in [-0.4, -0.2) is 10.2 Å². The van der Waals surface area contributed by atoms with Crippen LogP contribution < -0.4 is 0 Å². The van der Waals surface area contributed by atoms with Gasteiger partial charge in [0, 0.05) is 6.20 Å². The molecule has 0 fully saturated rings. The Hall–Kier alpha value is -0.220. The van der Waals surface area contributed by atoms with Crippen LogP contribution in [0.2, 0.25) is 0 Å². The van der Waals surface area contributed by atoms with Gasteiger partial charge in [0.25, 0.3) is 0 Å². The van der Waals surface area contributed by atoms with E-state index in [2.05, 4.69) is 22.8 Å². The molecule has 2 nitrogen and oxygen atoms in total. The van der Waals surface area contributed by atoms with Crippen molar-refractivity contribution < 1.29 is 0 Å². The molecule has 0 aliphatic carbocycles. The van der Waals surface area contributed by atoms with Crippen LogP contribution in [0.25, 0.3) is 0 Å². The third-order valence-electron chi connectivity index (χ3n) is 0.627. The number of rotatable bonds is 0. The second-order valence-electron chi connectivity index (χ2n) is 1.13. The lowest BCUT2D eigenvalue weighted by Crippen LogP contribution is -1.58. The van der Waals surface area contributed by atoms with Crippen LogP contribution in [0.3, 0.4) is 0 Å². The van der Waals surface area contributed by atoms with Gasteiger partial charge in [0.05, 0.1) is 4.90 Å². The molecule has 1 aromatic rings. The number of hydrogen-bond acceptors (Lipinski definition) is 2. The lowest BCUT2D eigenvalue weighted by Gasteiger charge is -1.66. The predicted molar refractivity (Wildman–Crippen MR) is 33.2 cm³/mol. The molecule has 0 aromatic carbocycles. The highest BCUT2D eigenvalue weighted by atomic mass is 32.1. The highest BCUT2D eigenvalue weighted by Gasteiger charge is 1.82. The van der Waals surface area contributed by atoms with Crippen molar-refractivity contribution in [1.29, 1.82) is 0 Å². The molecule has 38 valence electrons. The fourth-order valence-electron chi connectivity index (χ4n) is 0.300. The standard InChI is InChI=1S/C3H4N2S2/c6-2-1-4-5-3(2)7/h1,6H,(H2,4,5,7). The lowest BCUT2D eigenvalue weighted by atomic mass is 10.7. The molecular formula is C3H4N2S2. The van der Waals surface area contributed by atoms with E-state index in [4.69, 9.17) is 12.2 Å². The van der Waals surface area contributed by atoms with Gasteiger partial charge < -0.3 is 5.10 Å². The highest BCUT2D eigenvalue weighted by Crippen LogP contribution is 2.00. The molecule has 0 saturated carbocycles. The monoisotopic (exact) mass is 132 g/mol. The normalized spacial score (nSPS) is 9.29. The molecule has 0 amide bonds. The Balaban J connectivity index is 3.39. The van der Waals surface area contributed by atoms with Crippen molar-refractivity contribution in [2.45, 2.75) is 4.90 Å². The molecule has 1 heterocycles. The molecule has 0 aliphatic rings. The molecule has 0 aliphatic heterocycles. The van der Waals surface area contributed by atoms with E-state index >= 15 is 0 Å². The summed E-state index contributed by atoms with van der Waals surface area (Å²) < 4.78 is 0.656. The van der Waals surface area contributed by atoms with Gasteiger partial charge in [-0.2, -0.15) is 0 Å². The van der Waals surface area contributed by atoms with Gasteiger partial charge >= 0.3 is 0 Å². The summed E-state index contributed by atoms with van der Waals surface area (Å²) in [6.07, 6.45) is 1.70. The summed E-state index contributed by atoms with van der Waals surface area (Å²) in [7, 11) is 0. The van der Waals surface area contributed by atoms with Crippen LogP contribution in [0.4, 0.5) is 0 Å². The molecule has 0 spiro atoms. The van der Waals surface area contributed by atoms with Crippen molar-refractivity contribution in [3.8, 4) is 0 Å². The summed E-state index contributed by atoms with van der Waals surface area (Å²) in [5.41, 5.74) is 0. The Labute approximate surface area is 51.3 Å². The van der Waals surface area contributed by atoms with Gasteiger partial charge in [-0.1, -0.05) is 12.2 Å². The van der Waals surface area contributed by atoms with E-state index in [0.29, 0.717) is 4.64 Å². The smallest absolute Gasteiger partial charge is 0.132 e. The zero-order valence-electron chi connectivity index (χ0n) is 3.43. The van der Waals surface area contributed by atoms with Gasteiger partial charge in [-0.3, -0.25) is 5.10 Å². The maximum Gasteiger partial charge on any atom is 0.132 e. The summed E-state index contributed by atoms with van der Waals surface area (Å²) in [4.78, 5) is 0.787. The molecule has 0 unspecified atom stereocenters. The topological polar surface area (TPSA) is 31.6 Å². The van der Waals surface area contributed by atoms with Gasteiger partial charge in [-0.15, -0.1) is 12.6 Å². The van der Waals surface area contributed by atoms with Crippen molar-refractivity contribution in [2.75, 3.05) is 0 Å². The van der Waals surface area contributed by atoms with Crippen LogP contribution in [-0.2, 0) is 0 Å². The summed E-state index contributed by atoms with van der Waals surface area (Å²) in [5.74, 6) is 0. The summed E-state index contributed by atoms with van der Waals surface area (Å²) in [6, 6.07) is 0. The molecule has 0 atom stereocenters. The van der Waals surface area contributed by atoms with Crippen LogP contribution in [0.5, 0.6) is 0 Å². The Morgan fingerprint density at radius 3 is 2.57 bits per heavy atom. The average molecular weight is 132 g/mol. The van der Waals surface area contributed by atoms with Gasteiger partial charge in [0.2, 0.25) is 0 Å². The van der Waals surface area contributed by atoms with E-state index in [9.17, 15) is 0 Å². The van der Waals surface area contributed by atoms with Crippen LogP contribution >= 0.6 is 24.8 Å². The van der Waals surface area contributed by atoms with E-state index in [1.807, 2.05) is 0 Å². The third-order valence-corrected chi connectivity index (χ3v) is 1.45. The fraction of sp³-hybridized carbons (Fsp3) is 0. The van der Waals surface area contributed by atoms with E-state index in [1.165, 1.54) is 0 Å². The minimum atomic E-state index is 0.656. The molecule has 1 rings (SSSR count). The predicted octanol–water partition coefficient (Wildman–Crippen LogP) is 1.36. The molecular weight excluding hydrogens is 128 g/mol. The Kier molecular flexibility index (Phi) is 1.21. The first-order valence-corrected chi connectivity index (χ1v) is 2.61.